The quantitative estimate of drug-likeness (QED) is 0.825. The van der Waals surface area contributed by atoms with Crippen molar-refractivity contribution in [3.8, 4) is 0 Å². The summed E-state index contributed by atoms with van der Waals surface area (Å²) in [4.78, 5) is 5.46. The average Bonchev–Trinajstić information content (AvgIpc) is 2.80. The van der Waals surface area contributed by atoms with Crippen molar-refractivity contribution in [1.29, 1.82) is 0 Å². The lowest BCUT2D eigenvalue weighted by Crippen LogP contribution is -2.56. The zero-order valence-corrected chi connectivity index (χ0v) is 13.4. The van der Waals surface area contributed by atoms with Crippen molar-refractivity contribution in [3.05, 3.63) is 0 Å². The van der Waals surface area contributed by atoms with E-state index in [1.54, 1.807) is 0 Å². The van der Waals surface area contributed by atoms with Gasteiger partial charge >= 0.3 is 0 Å². The summed E-state index contributed by atoms with van der Waals surface area (Å²) in [6, 6.07) is 1.58. The fourth-order valence-electron chi connectivity index (χ4n) is 3.52. The molecule has 0 aromatic carbocycles. The van der Waals surface area contributed by atoms with E-state index in [9.17, 15) is 0 Å². The molecule has 0 aromatic heterocycles. The number of fused-ring (bicyclic) bond motifs is 1. The van der Waals surface area contributed by atoms with Crippen LogP contribution < -0.4 is 5.32 Å². The molecule has 0 saturated carbocycles. The minimum atomic E-state index is 0.237. The molecule has 0 radical (unpaired) electrons. The van der Waals surface area contributed by atoms with Gasteiger partial charge in [0.2, 0.25) is 0 Å². The van der Waals surface area contributed by atoms with E-state index in [2.05, 4.69) is 42.8 Å². The first-order valence-electron chi connectivity index (χ1n) is 8.22. The van der Waals surface area contributed by atoms with Gasteiger partial charge in [0.05, 0.1) is 0 Å². The third kappa shape index (κ3) is 4.44. The van der Waals surface area contributed by atoms with Gasteiger partial charge in [-0.3, -0.25) is 9.80 Å². The van der Waals surface area contributed by atoms with E-state index < -0.39 is 0 Å². The van der Waals surface area contributed by atoms with Crippen molar-refractivity contribution >= 4 is 0 Å². The molecule has 0 amide bonds. The van der Waals surface area contributed by atoms with Crippen LogP contribution in [0.15, 0.2) is 0 Å². The summed E-state index contributed by atoms with van der Waals surface area (Å²) in [6.07, 6.45) is 5.45. The fraction of sp³-hybridized carbons (Fsp3) is 1.00. The van der Waals surface area contributed by atoms with Gasteiger partial charge in [0, 0.05) is 43.8 Å². The molecule has 2 unspecified atom stereocenters. The number of rotatable bonds is 5. The van der Waals surface area contributed by atoms with Crippen molar-refractivity contribution in [3.63, 3.8) is 0 Å². The van der Waals surface area contributed by atoms with E-state index in [1.165, 1.54) is 51.9 Å². The van der Waals surface area contributed by atoms with Gasteiger partial charge in [0.1, 0.15) is 0 Å². The van der Waals surface area contributed by atoms with E-state index in [4.69, 9.17) is 0 Å². The van der Waals surface area contributed by atoms with Crippen LogP contribution in [0.25, 0.3) is 0 Å². The maximum absolute atomic E-state index is 3.71. The summed E-state index contributed by atoms with van der Waals surface area (Å²) in [5, 5.41) is 3.71. The Bertz CT molecular complexity index is 272. The second kappa shape index (κ2) is 6.55. The van der Waals surface area contributed by atoms with Gasteiger partial charge in [0.25, 0.3) is 0 Å². The van der Waals surface area contributed by atoms with Gasteiger partial charge in [-0.2, -0.15) is 0 Å². The van der Waals surface area contributed by atoms with Gasteiger partial charge in [-0.05, 0) is 46.6 Å². The minimum absolute atomic E-state index is 0.237. The summed E-state index contributed by atoms with van der Waals surface area (Å²) >= 11 is 0. The molecule has 0 aliphatic carbocycles. The van der Waals surface area contributed by atoms with Crippen LogP contribution in [-0.2, 0) is 0 Å². The Balaban J connectivity index is 1.87. The highest BCUT2D eigenvalue weighted by molar-refractivity contribution is 4.90. The molecule has 3 nitrogen and oxygen atoms in total. The molecule has 2 heterocycles. The molecular weight excluding hydrogens is 234 g/mol. The molecule has 2 atom stereocenters. The van der Waals surface area contributed by atoms with E-state index in [1.807, 2.05) is 0 Å². The predicted molar refractivity (Wildman–Crippen MR) is 82.6 cm³/mol. The molecular formula is C16H33N3. The Labute approximate surface area is 119 Å². The maximum atomic E-state index is 3.71. The molecule has 3 heteroatoms. The minimum Gasteiger partial charge on any atom is -0.311 e. The zero-order valence-electron chi connectivity index (χ0n) is 13.4. The van der Waals surface area contributed by atoms with Gasteiger partial charge in [0.15, 0.2) is 0 Å². The Hall–Kier alpha value is -0.120. The zero-order chi connectivity index (χ0) is 13.9. The lowest BCUT2D eigenvalue weighted by Gasteiger charge is -2.42. The van der Waals surface area contributed by atoms with Gasteiger partial charge < -0.3 is 5.32 Å². The SMILES string of the molecule is CCCC(CNC(C)(C)C)N1CCN2CCCC2C1. The van der Waals surface area contributed by atoms with Crippen molar-refractivity contribution in [2.45, 2.75) is 71.0 Å². The smallest absolute Gasteiger partial charge is 0.0224 e. The normalized spacial score (nSPS) is 27.5. The van der Waals surface area contributed by atoms with Gasteiger partial charge in [-0.25, -0.2) is 0 Å². The van der Waals surface area contributed by atoms with Crippen LogP contribution in [0.3, 0.4) is 0 Å². The van der Waals surface area contributed by atoms with Crippen LogP contribution in [-0.4, -0.2) is 60.1 Å². The molecule has 0 bridgehead atoms. The Morgan fingerprint density at radius 2 is 2.00 bits per heavy atom. The van der Waals surface area contributed by atoms with Crippen molar-refractivity contribution in [1.82, 2.24) is 15.1 Å². The lowest BCUT2D eigenvalue weighted by molar-refractivity contribution is 0.0653. The molecule has 112 valence electrons. The van der Waals surface area contributed by atoms with Crippen LogP contribution in [0.4, 0.5) is 0 Å². The fourth-order valence-corrected chi connectivity index (χ4v) is 3.52. The van der Waals surface area contributed by atoms with Crippen LogP contribution in [0, 0.1) is 0 Å². The number of piperazine rings is 1. The Morgan fingerprint density at radius 3 is 2.68 bits per heavy atom. The topological polar surface area (TPSA) is 18.5 Å². The summed E-state index contributed by atoms with van der Waals surface area (Å²) < 4.78 is 0. The predicted octanol–water partition coefficient (Wildman–Crippen LogP) is 2.32. The number of hydrogen-bond acceptors (Lipinski definition) is 3. The molecule has 0 aromatic rings. The van der Waals surface area contributed by atoms with Gasteiger partial charge in [-0.15, -0.1) is 0 Å². The third-order valence-electron chi connectivity index (χ3n) is 4.63. The molecule has 2 fully saturated rings. The Morgan fingerprint density at radius 1 is 1.21 bits per heavy atom. The van der Waals surface area contributed by atoms with Crippen LogP contribution in [0.1, 0.15) is 53.4 Å². The highest BCUT2D eigenvalue weighted by Crippen LogP contribution is 2.23. The van der Waals surface area contributed by atoms with Crippen LogP contribution in [0.2, 0.25) is 0 Å². The van der Waals surface area contributed by atoms with E-state index in [-0.39, 0.29) is 5.54 Å². The Kier molecular flexibility index (Phi) is 5.27. The first-order chi connectivity index (χ1) is 8.99. The molecule has 1 N–H and O–H groups in total. The number of hydrogen-bond donors (Lipinski definition) is 1. The summed E-state index contributed by atoms with van der Waals surface area (Å²) in [7, 11) is 0. The van der Waals surface area contributed by atoms with Gasteiger partial charge in [-0.1, -0.05) is 13.3 Å². The third-order valence-corrected chi connectivity index (χ3v) is 4.63. The highest BCUT2D eigenvalue weighted by atomic mass is 15.3. The molecule has 2 saturated heterocycles. The monoisotopic (exact) mass is 267 g/mol. The average molecular weight is 267 g/mol. The first kappa shape index (κ1) is 15.3. The second-order valence-electron chi connectivity index (χ2n) is 7.40. The molecule has 0 spiro atoms. The molecule has 2 aliphatic rings. The summed E-state index contributed by atoms with van der Waals surface area (Å²) in [5.74, 6) is 0. The second-order valence-corrected chi connectivity index (χ2v) is 7.40. The standard InChI is InChI=1S/C16H33N3/c1-5-7-14(12-17-16(2,3)4)19-11-10-18-9-6-8-15(18)13-19/h14-15,17H,5-13H2,1-4H3. The van der Waals surface area contributed by atoms with E-state index in [0.717, 1.165) is 18.6 Å². The van der Waals surface area contributed by atoms with Crippen LogP contribution in [0.5, 0.6) is 0 Å². The van der Waals surface area contributed by atoms with E-state index in [0.29, 0.717) is 0 Å². The van der Waals surface area contributed by atoms with Crippen molar-refractivity contribution < 1.29 is 0 Å². The maximum Gasteiger partial charge on any atom is 0.0224 e. The van der Waals surface area contributed by atoms with Crippen molar-refractivity contribution in [2.75, 3.05) is 32.7 Å². The summed E-state index contributed by atoms with van der Waals surface area (Å²) in [5.41, 5.74) is 0.237. The van der Waals surface area contributed by atoms with Crippen LogP contribution >= 0.6 is 0 Å². The molecule has 2 rings (SSSR count). The highest BCUT2D eigenvalue weighted by Gasteiger charge is 2.33. The first-order valence-corrected chi connectivity index (χ1v) is 8.22. The number of nitrogens with zero attached hydrogens (tertiary/aromatic N) is 2. The number of nitrogens with one attached hydrogen (secondary N) is 1. The van der Waals surface area contributed by atoms with E-state index >= 15 is 0 Å². The summed E-state index contributed by atoms with van der Waals surface area (Å²) in [6.45, 7) is 15.5. The molecule has 19 heavy (non-hydrogen) atoms. The largest absolute Gasteiger partial charge is 0.311 e. The van der Waals surface area contributed by atoms with Crippen molar-refractivity contribution in [2.24, 2.45) is 0 Å². The molecule has 2 aliphatic heterocycles. The lowest BCUT2D eigenvalue weighted by atomic mass is 10.0.